The van der Waals surface area contributed by atoms with E-state index in [1.807, 2.05) is 53.8 Å². The maximum absolute atomic E-state index is 12.1. The van der Waals surface area contributed by atoms with E-state index in [1.165, 1.54) is 0 Å². The molecule has 0 saturated carbocycles. The first-order chi connectivity index (χ1) is 8.67. The van der Waals surface area contributed by atoms with Crippen molar-refractivity contribution in [1.29, 1.82) is 0 Å². The Morgan fingerprint density at radius 2 is 2.00 bits per heavy atom. The van der Waals surface area contributed by atoms with Crippen LogP contribution in [0.1, 0.15) is 13.8 Å². The normalized spacial score (nSPS) is 10.8. The van der Waals surface area contributed by atoms with Crippen molar-refractivity contribution in [2.75, 3.05) is 18.8 Å². The summed E-state index contributed by atoms with van der Waals surface area (Å²) in [5.41, 5.74) is 7.63. The van der Waals surface area contributed by atoms with Crippen LogP contribution in [0.2, 0.25) is 0 Å². The van der Waals surface area contributed by atoms with E-state index in [2.05, 4.69) is 0 Å². The van der Waals surface area contributed by atoms with Crippen LogP contribution in [-0.2, 0) is 11.3 Å². The van der Waals surface area contributed by atoms with Gasteiger partial charge in [0.25, 0.3) is 0 Å². The summed E-state index contributed by atoms with van der Waals surface area (Å²) in [6.07, 6.45) is 1.92. The molecule has 4 heteroatoms. The highest BCUT2D eigenvalue weighted by molar-refractivity contribution is 5.91. The van der Waals surface area contributed by atoms with Crippen LogP contribution in [0.4, 0.5) is 5.69 Å². The van der Waals surface area contributed by atoms with Gasteiger partial charge in [0.15, 0.2) is 0 Å². The van der Waals surface area contributed by atoms with Gasteiger partial charge in [-0.2, -0.15) is 0 Å². The van der Waals surface area contributed by atoms with E-state index in [1.54, 1.807) is 0 Å². The smallest absolute Gasteiger partial charge is 0.242 e. The molecule has 96 valence electrons. The standard InChI is InChI=1S/C14H19N3O/c1-3-16(4-2)13(18)10-17-9-8-11-6-5-7-12(15)14(11)17/h5-9H,3-4,10,15H2,1-2H3. The van der Waals surface area contributed by atoms with Gasteiger partial charge in [0.2, 0.25) is 5.91 Å². The fourth-order valence-corrected chi connectivity index (χ4v) is 2.24. The maximum Gasteiger partial charge on any atom is 0.242 e. The van der Waals surface area contributed by atoms with Crippen molar-refractivity contribution in [1.82, 2.24) is 9.47 Å². The maximum atomic E-state index is 12.1. The Kier molecular flexibility index (Phi) is 3.55. The second kappa shape index (κ2) is 5.12. The fourth-order valence-electron chi connectivity index (χ4n) is 2.24. The number of anilines is 1. The number of fused-ring (bicyclic) bond motifs is 1. The van der Waals surface area contributed by atoms with Gasteiger partial charge in [0, 0.05) is 24.7 Å². The summed E-state index contributed by atoms with van der Waals surface area (Å²) in [5, 5.41) is 1.07. The molecule has 0 unspecified atom stereocenters. The van der Waals surface area contributed by atoms with Gasteiger partial charge in [-0.1, -0.05) is 12.1 Å². The highest BCUT2D eigenvalue weighted by Gasteiger charge is 2.12. The number of carbonyl (C=O) groups excluding carboxylic acids is 1. The first-order valence-corrected chi connectivity index (χ1v) is 6.28. The molecule has 1 aromatic carbocycles. The molecule has 0 bridgehead atoms. The number of likely N-dealkylation sites (N-methyl/N-ethyl adjacent to an activating group) is 1. The number of hydrogen-bond acceptors (Lipinski definition) is 2. The highest BCUT2D eigenvalue weighted by atomic mass is 16.2. The molecule has 2 aromatic rings. The Bertz CT molecular complexity index is 555. The Morgan fingerprint density at radius 1 is 1.28 bits per heavy atom. The second-order valence-corrected chi connectivity index (χ2v) is 4.29. The first kappa shape index (κ1) is 12.5. The van der Waals surface area contributed by atoms with E-state index in [9.17, 15) is 4.79 Å². The monoisotopic (exact) mass is 245 g/mol. The molecule has 1 amide bonds. The summed E-state index contributed by atoms with van der Waals surface area (Å²) < 4.78 is 1.92. The number of para-hydroxylation sites is 1. The molecule has 0 aliphatic heterocycles. The number of benzene rings is 1. The third kappa shape index (κ3) is 2.18. The van der Waals surface area contributed by atoms with Crippen molar-refractivity contribution in [3.05, 3.63) is 30.5 Å². The molecule has 0 fully saturated rings. The predicted octanol–water partition coefficient (Wildman–Crippen LogP) is 2.09. The van der Waals surface area contributed by atoms with E-state index < -0.39 is 0 Å². The number of nitrogens with zero attached hydrogens (tertiary/aromatic N) is 2. The summed E-state index contributed by atoms with van der Waals surface area (Å²) in [4.78, 5) is 13.9. The molecule has 18 heavy (non-hydrogen) atoms. The quantitative estimate of drug-likeness (QED) is 0.839. The predicted molar refractivity (Wildman–Crippen MR) is 74.3 cm³/mol. The lowest BCUT2D eigenvalue weighted by atomic mass is 10.2. The largest absolute Gasteiger partial charge is 0.397 e. The first-order valence-electron chi connectivity index (χ1n) is 6.28. The van der Waals surface area contributed by atoms with Crippen molar-refractivity contribution < 1.29 is 4.79 Å². The summed E-state index contributed by atoms with van der Waals surface area (Å²) in [5.74, 6) is 0.126. The topological polar surface area (TPSA) is 51.3 Å². The third-order valence-electron chi connectivity index (χ3n) is 3.24. The molecule has 1 aromatic heterocycles. The van der Waals surface area contributed by atoms with Crippen molar-refractivity contribution in [3.63, 3.8) is 0 Å². The van der Waals surface area contributed by atoms with Crippen LogP contribution >= 0.6 is 0 Å². The third-order valence-corrected chi connectivity index (χ3v) is 3.24. The van der Waals surface area contributed by atoms with E-state index >= 15 is 0 Å². The van der Waals surface area contributed by atoms with Crippen LogP contribution in [0.25, 0.3) is 10.9 Å². The Balaban J connectivity index is 2.30. The molecule has 2 rings (SSSR count). The Labute approximate surface area is 107 Å². The molecule has 0 spiro atoms. The zero-order valence-corrected chi connectivity index (χ0v) is 10.9. The molecule has 4 nitrogen and oxygen atoms in total. The SMILES string of the molecule is CCN(CC)C(=O)Cn1ccc2cccc(N)c21. The lowest BCUT2D eigenvalue weighted by Crippen LogP contribution is -2.33. The summed E-state index contributed by atoms with van der Waals surface area (Å²) >= 11 is 0. The van der Waals surface area contributed by atoms with Crippen LogP contribution in [0.15, 0.2) is 30.5 Å². The van der Waals surface area contributed by atoms with E-state index in [0.717, 1.165) is 24.0 Å². The highest BCUT2D eigenvalue weighted by Crippen LogP contribution is 2.22. The molecule has 2 N–H and O–H groups in total. The number of aromatic nitrogens is 1. The van der Waals surface area contributed by atoms with Crippen LogP contribution in [0.3, 0.4) is 0 Å². The van der Waals surface area contributed by atoms with Crippen LogP contribution in [0.5, 0.6) is 0 Å². The molecule has 1 heterocycles. The zero-order chi connectivity index (χ0) is 13.1. The number of nitrogens with two attached hydrogens (primary N) is 1. The average Bonchev–Trinajstić information content (AvgIpc) is 2.75. The fraction of sp³-hybridized carbons (Fsp3) is 0.357. The lowest BCUT2D eigenvalue weighted by Gasteiger charge is -2.19. The number of hydrogen-bond donors (Lipinski definition) is 1. The second-order valence-electron chi connectivity index (χ2n) is 4.29. The minimum Gasteiger partial charge on any atom is -0.397 e. The van der Waals surface area contributed by atoms with Gasteiger partial charge < -0.3 is 15.2 Å². The molecule has 0 saturated heterocycles. The number of amides is 1. The van der Waals surface area contributed by atoms with E-state index in [-0.39, 0.29) is 5.91 Å². The van der Waals surface area contributed by atoms with Gasteiger partial charge in [0.05, 0.1) is 11.2 Å². The molecule has 0 aliphatic rings. The van der Waals surface area contributed by atoms with E-state index in [0.29, 0.717) is 12.2 Å². The van der Waals surface area contributed by atoms with Crippen LogP contribution in [0, 0.1) is 0 Å². The van der Waals surface area contributed by atoms with Crippen molar-refractivity contribution in [2.24, 2.45) is 0 Å². The van der Waals surface area contributed by atoms with Gasteiger partial charge >= 0.3 is 0 Å². The number of rotatable bonds is 4. The minimum atomic E-state index is 0.126. The van der Waals surface area contributed by atoms with Crippen LogP contribution in [-0.4, -0.2) is 28.5 Å². The van der Waals surface area contributed by atoms with Gasteiger partial charge in [-0.15, -0.1) is 0 Å². The summed E-state index contributed by atoms with van der Waals surface area (Å²) in [7, 11) is 0. The zero-order valence-electron chi connectivity index (χ0n) is 10.9. The number of nitrogen functional groups attached to an aromatic ring is 1. The lowest BCUT2D eigenvalue weighted by molar-refractivity contribution is -0.131. The summed E-state index contributed by atoms with van der Waals surface area (Å²) in [6, 6.07) is 7.78. The molecular formula is C14H19N3O. The van der Waals surface area contributed by atoms with Gasteiger partial charge in [0.1, 0.15) is 6.54 Å². The molecule has 0 atom stereocenters. The van der Waals surface area contributed by atoms with Gasteiger partial charge in [-0.05, 0) is 26.0 Å². The summed E-state index contributed by atoms with van der Waals surface area (Å²) in [6.45, 7) is 5.81. The van der Waals surface area contributed by atoms with Crippen molar-refractivity contribution in [3.8, 4) is 0 Å². The Morgan fingerprint density at radius 3 is 2.67 bits per heavy atom. The minimum absolute atomic E-state index is 0.126. The van der Waals surface area contributed by atoms with Crippen LogP contribution < -0.4 is 5.73 Å². The number of carbonyl (C=O) groups is 1. The van der Waals surface area contributed by atoms with E-state index in [4.69, 9.17) is 5.73 Å². The molecular weight excluding hydrogens is 226 g/mol. The van der Waals surface area contributed by atoms with Crippen molar-refractivity contribution >= 4 is 22.5 Å². The molecule has 0 radical (unpaired) electrons. The molecule has 0 aliphatic carbocycles. The van der Waals surface area contributed by atoms with Gasteiger partial charge in [-0.25, -0.2) is 0 Å². The van der Waals surface area contributed by atoms with Gasteiger partial charge in [-0.3, -0.25) is 4.79 Å². The Hall–Kier alpha value is -1.97. The van der Waals surface area contributed by atoms with Crippen molar-refractivity contribution in [2.45, 2.75) is 20.4 Å². The average molecular weight is 245 g/mol.